The highest BCUT2D eigenvalue weighted by Gasteiger charge is 2.25. The number of hydrogen-bond acceptors (Lipinski definition) is 3. The Bertz CT molecular complexity index is 172. The third-order valence-electron chi connectivity index (χ3n) is 2.39. The molecular weight excluding hydrogens is 170 g/mol. The second-order valence-electron chi connectivity index (χ2n) is 3.27. The van der Waals surface area contributed by atoms with Crippen molar-refractivity contribution in [2.45, 2.75) is 25.4 Å². The number of β-amino-alcohol motifs (C(OH)–C–C–N with tert-alkyl or cyclic N) is 1. The molecule has 13 heavy (non-hydrogen) atoms. The van der Waals surface area contributed by atoms with Crippen molar-refractivity contribution in [2.24, 2.45) is 0 Å². The number of rotatable bonds is 3. The molecule has 0 aliphatic carbocycles. The molecule has 1 aliphatic rings. The number of amides is 1. The van der Waals surface area contributed by atoms with Gasteiger partial charge in [-0.2, -0.15) is 0 Å². The second kappa shape index (κ2) is 5.19. The number of ether oxygens (including phenoxy) is 1. The molecule has 0 aromatic heterocycles. The van der Waals surface area contributed by atoms with E-state index in [4.69, 9.17) is 9.84 Å². The van der Waals surface area contributed by atoms with Crippen LogP contribution >= 0.6 is 0 Å². The monoisotopic (exact) mass is 187 g/mol. The molecule has 1 N–H and O–H groups in total. The van der Waals surface area contributed by atoms with Crippen molar-refractivity contribution in [3.05, 3.63) is 0 Å². The molecule has 1 heterocycles. The number of hydrogen-bond donors (Lipinski definition) is 1. The summed E-state index contributed by atoms with van der Waals surface area (Å²) >= 11 is 0. The van der Waals surface area contributed by atoms with E-state index in [1.165, 1.54) is 0 Å². The zero-order chi connectivity index (χ0) is 9.68. The SMILES string of the molecule is COC1CCCCN(CCO)C1=O. The Kier molecular flexibility index (Phi) is 4.18. The van der Waals surface area contributed by atoms with Gasteiger partial charge >= 0.3 is 0 Å². The molecule has 0 aromatic carbocycles. The van der Waals surface area contributed by atoms with Crippen LogP contribution in [0.4, 0.5) is 0 Å². The molecular formula is C9H17NO3. The zero-order valence-electron chi connectivity index (χ0n) is 8.03. The van der Waals surface area contributed by atoms with Gasteiger partial charge in [-0.25, -0.2) is 0 Å². The van der Waals surface area contributed by atoms with Crippen LogP contribution in [0.5, 0.6) is 0 Å². The van der Waals surface area contributed by atoms with Crippen LogP contribution in [0.3, 0.4) is 0 Å². The minimum Gasteiger partial charge on any atom is -0.395 e. The number of aliphatic hydroxyl groups excluding tert-OH is 1. The van der Waals surface area contributed by atoms with Gasteiger partial charge in [0.05, 0.1) is 6.61 Å². The molecule has 0 saturated carbocycles. The highest BCUT2D eigenvalue weighted by molar-refractivity contribution is 5.81. The fraction of sp³-hybridized carbons (Fsp3) is 0.889. The fourth-order valence-corrected chi connectivity index (χ4v) is 1.63. The quantitative estimate of drug-likeness (QED) is 0.677. The summed E-state index contributed by atoms with van der Waals surface area (Å²) < 4.78 is 5.09. The van der Waals surface area contributed by atoms with Gasteiger partial charge in [0, 0.05) is 20.2 Å². The van der Waals surface area contributed by atoms with E-state index in [0.29, 0.717) is 6.54 Å². The fourth-order valence-electron chi connectivity index (χ4n) is 1.63. The van der Waals surface area contributed by atoms with Gasteiger partial charge in [0.25, 0.3) is 5.91 Å². The topological polar surface area (TPSA) is 49.8 Å². The number of nitrogens with zero attached hydrogens (tertiary/aromatic N) is 1. The van der Waals surface area contributed by atoms with Crippen LogP contribution in [-0.2, 0) is 9.53 Å². The van der Waals surface area contributed by atoms with E-state index in [1.807, 2.05) is 0 Å². The van der Waals surface area contributed by atoms with Crippen LogP contribution in [0.25, 0.3) is 0 Å². The Morgan fingerprint density at radius 3 is 3.00 bits per heavy atom. The third-order valence-corrected chi connectivity index (χ3v) is 2.39. The van der Waals surface area contributed by atoms with Crippen LogP contribution in [-0.4, -0.2) is 48.8 Å². The van der Waals surface area contributed by atoms with Crippen molar-refractivity contribution in [1.82, 2.24) is 4.90 Å². The maximum atomic E-state index is 11.7. The van der Waals surface area contributed by atoms with Crippen molar-refractivity contribution in [3.63, 3.8) is 0 Å². The van der Waals surface area contributed by atoms with E-state index < -0.39 is 0 Å². The minimum absolute atomic E-state index is 0.0223. The molecule has 76 valence electrons. The summed E-state index contributed by atoms with van der Waals surface area (Å²) in [4.78, 5) is 13.3. The lowest BCUT2D eigenvalue weighted by molar-refractivity contribution is -0.141. The van der Waals surface area contributed by atoms with Gasteiger partial charge in [-0.15, -0.1) is 0 Å². The van der Waals surface area contributed by atoms with Gasteiger partial charge in [0.15, 0.2) is 0 Å². The highest BCUT2D eigenvalue weighted by atomic mass is 16.5. The summed E-state index contributed by atoms with van der Waals surface area (Å²) in [6, 6.07) is 0. The maximum Gasteiger partial charge on any atom is 0.251 e. The first-order valence-corrected chi connectivity index (χ1v) is 4.72. The van der Waals surface area contributed by atoms with Gasteiger partial charge in [0.1, 0.15) is 6.10 Å². The van der Waals surface area contributed by atoms with Crippen LogP contribution in [0, 0.1) is 0 Å². The Morgan fingerprint density at radius 2 is 2.38 bits per heavy atom. The van der Waals surface area contributed by atoms with Gasteiger partial charge in [-0.3, -0.25) is 4.79 Å². The second-order valence-corrected chi connectivity index (χ2v) is 3.27. The van der Waals surface area contributed by atoms with E-state index >= 15 is 0 Å². The first-order chi connectivity index (χ1) is 6.29. The lowest BCUT2D eigenvalue weighted by Crippen LogP contribution is -2.40. The molecule has 1 saturated heterocycles. The highest BCUT2D eigenvalue weighted by Crippen LogP contribution is 2.13. The van der Waals surface area contributed by atoms with E-state index in [2.05, 4.69) is 0 Å². The van der Waals surface area contributed by atoms with Gasteiger partial charge < -0.3 is 14.7 Å². The summed E-state index contributed by atoms with van der Waals surface area (Å²) in [5, 5.41) is 8.75. The molecule has 1 aliphatic heterocycles. The normalized spacial score (nSPS) is 24.6. The molecule has 1 unspecified atom stereocenters. The average molecular weight is 187 g/mol. The predicted molar refractivity (Wildman–Crippen MR) is 48.3 cm³/mol. The molecule has 0 radical (unpaired) electrons. The summed E-state index contributed by atoms with van der Waals surface area (Å²) in [5.41, 5.74) is 0. The van der Waals surface area contributed by atoms with Crippen molar-refractivity contribution < 1.29 is 14.6 Å². The number of methoxy groups -OCH3 is 1. The summed E-state index contributed by atoms with van der Waals surface area (Å²) in [6.45, 7) is 1.21. The molecule has 4 heteroatoms. The largest absolute Gasteiger partial charge is 0.395 e. The first kappa shape index (κ1) is 10.5. The molecule has 1 fully saturated rings. The Labute approximate surface area is 78.5 Å². The summed E-state index contributed by atoms with van der Waals surface area (Å²) in [7, 11) is 1.56. The van der Waals surface area contributed by atoms with Crippen molar-refractivity contribution in [1.29, 1.82) is 0 Å². The lowest BCUT2D eigenvalue weighted by atomic mass is 10.2. The molecule has 0 spiro atoms. The molecule has 0 aromatic rings. The van der Waals surface area contributed by atoms with E-state index in [1.54, 1.807) is 12.0 Å². The minimum atomic E-state index is -0.297. The predicted octanol–water partition coefficient (Wildman–Crippen LogP) is 0.00620. The van der Waals surface area contributed by atoms with E-state index in [0.717, 1.165) is 25.8 Å². The smallest absolute Gasteiger partial charge is 0.251 e. The number of likely N-dealkylation sites (tertiary alicyclic amines) is 1. The standard InChI is InChI=1S/C9H17NO3/c1-13-8-4-2-3-5-10(6-7-11)9(8)12/h8,11H,2-7H2,1H3. The van der Waals surface area contributed by atoms with Gasteiger partial charge in [-0.1, -0.05) is 0 Å². The van der Waals surface area contributed by atoms with Crippen molar-refractivity contribution >= 4 is 5.91 Å². The lowest BCUT2D eigenvalue weighted by Gasteiger charge is -2.22. The zero-order valence-corrected chi connectivity index (χ0v) is 8.03. The summed E-state index contributed by atoms with van der Waals surface area (Å²) in [6.07, 6.45) is 2.53. The molecule has 1 atom stereocenters. The van der Waals surface area contributed by atoms with Crippen molar-refractivity contribution in [2.75, 3.05) is 26.8 Å². The Morgan fingerprint density at radius 1 is 1.62 bits per heavy atom. The molecule has 4 nitrogen and oxygen atoms in total. The number of aliphatic hydroxyl groups is 1. The number of carbonyl (C=O) groups is 1. The Balaban J connectivity index is 2.56. The molecule has 1 rings (SSSR count). The number of carbonyl (C=O) groups excluding carboxylic acids is 1. The molecule has 0 bridgehead atoms. The van der Waals surface area contributed by atoms with Crippen LogP contribution in [0.2, 0.25) is 0 Å². The van der Waals surface area contributed by atoms with E-state index in [-0.39, 0.29) is 18.6 Å². The van der Waals surface area contributed by atoms with Crippen molar-refractivity contribution in [3.8, 4) is 0 Å². The maximum absolute atomic E-state index is 11.7. The van der Waals surface area contributed by atoms with Gasteiger partial charge in [0.2, 0.25) is 0 Å². The molecule has 1 amide bonds. The van der Waals surface area contributed by atoms with Crippen LogP contribution in [0.1, 0.15) is 19.3 Å². The van der Waals surface area contributed by atoms with Crippen LogP contribution in [0.15, 0.2) is 0 Å². The third kappa shape index (κ3) is 2.67. The summed E-state index contributed by atoms with van der Waals surface area (Å²) in [5.74, 6) is 0.0223. The van der Waals surface area contributed by atoms with Gasteiger partial charge in [-0.05, 0) is 19.3 Å². The van der Waals surface area contributed by atoms with Crippen LogP contribution < -0.4 is 0 Å². The van der Waals surface area contributed by atoms with E-state index in [9.17, 15) is 4.79 Å². The first-order valence-electron chi connectivity index (χ1n) is 4.72. The average Bonchev–Trinajstić information content (AvgIpc) is 2.30. The Hall–Kier alpha value is -0.610.